The molecule has 0 radical (unpaired) electrons. The Kier molecular flexibility index (Phi) is 4.78. The quantitative estimate of drug-likeness (QED) is 0.662. The van der Waals surface area contributed by atoms with E-state index >= 15 is 0 Å². The first-order valence-corrected chi connectivity index (χ1v) is 7.66. The second-order valence-corrected chi connectivity index (χ2v) is 5.58. The summed E-state index contributed by atoms with van der Waals surface area (Å²) >= 11 is 0. The minimum atomic E-state index is -1.52. The van der Waals surface area contributed by atoms with Crippen molar-refractivity contribution in [2.45, 2.75) is 0 Å². The predicted octanol–water partition coefficient (Wildman–Crippen LogP) is 3.60. The zero-order valence-corrected chi connectivity index (χ0v) is 13.1. The second kappa shape index (κ2) is 7.00. The van der Waals surface area contributed by atoms with Gasteiger partial charge in [0.1, 0.15) is 5.82 Å². The fourth-order valence-corrected chi connectivity index (χ4v) is 2.67. The third-order valence-corrected chi connectivity index (χ3v) is 4.04. The van der Waals surface area contributed by atoms with Crippen LogP contribution in [0.4, 0.5) is 33.7 Å². The SMILES string of the molecule is O=C(Nc1ccccc1F)N1CCN(c2ccc(F)c(F)c2F)CC1. The highest BCUT2D eigenvalue weighted by Gasteiger charge is 2.25. The minimum absolute atomic E-state index is 0.0481. The van der Waals surface area contributed by atoms with Crippen molar-refractivity contribution in [1.82, 2.24) is 4.90 Å². The second-order valence-electron chi connectivity index (χ2n) is 5.58. The number of hydrogen-bond donors (Lipinski definition) is 1. The van der Waals surface area contributed by atoms with Crippen LogP contribution in [0.25, 0.3) is 0 Å². The van der Waals surface area contributed by atoms with Gasteiger partial charge in [-0.1, -0.05) is 12.1 Å². The van der Waals surface area contributed by atoms with Crippen LogP contribution in [0.2, 0.25) is 0 Å². The predicted molar refractivity (Wildman–Crippen MR) is 85.5 cm³/mol. The summed E-state index contributed by atoms with van der Waals surface area (Å²) in [7, 11) is 0. The van der Waals surface area contributed by atoms with Crippen molar-refractivity contribution in [3.8, 4) is 0 Å². The number of hydrogen-bond acceptors (Lipinski definition) is 2. The Morgan fingerprint density at radius 1 is 0.840 bits per heavy atom. The molecule has 25 heavy (non-hydrogen) atoms. The zero-order valence-electron chi connectivity index (χ0n) is 13.1. The average Bonchev–Trinajstić information content (AvgIpc) is 2.62. The summed E-state index contributed by atoms with van der Waals surface area (Å²) in [4.78, 5) is 15.2. The maximum atomic E-state index is 13.8. The lowest BCUT2D eigenvalue weighted by Gasteiger charge is -2.36. The molecule has 2 amide bonds. The van der Waals surface area contributed by atoms with Crippen LogP contribution < -0.4 is 10.2 Å². The molecule has 0 spiro atoms. The maximum absolute atomic E-state index is 13.8. The molecule has 0 aromatic heterocycles. The van der Waals surface area contributed by atoms with Crippen LogP contribution in [-0.2, 0) is 0 Å². The monoisotopic (exact) mass is 353 g/mol. The largest absolute Gasteiger partial charge is 0.366 e. The van der Waals surface area contributed by atoms with E-state index in [-0.39, 0.29) is 37.6 Å². The lowest BCUT2D eigenvalue weighted by molar-refractivity contribution is 0.208. The number of nitrogens with one attached hydrogen (secondary N) is 1. The molecule has 0 aliphatic carbocycles. The van der Waals surface area contributed by atoms with E-state index < -0.39 is 29.3 Å². The average molecular weight is 353 g/mol. The Hall–Kier alpha value is -2.77. The molecule has 1 aliphatic rings. The highest BCUT2D eigenvalue weighted by Crippen LogP contribution is 2.24. The molecule has 0 atom stereocenters. The van der Waals surface area contributed by atoms with E-state index in [9.17, 15) is 22.4 Å². The van der Waals surface area contributed by atoms with Crippen LogP contribution in [0.1, 0.15) is 0 Å². The molecule has 4 nitrogen and oxygen atoms in total. The van der Waals surface area contributed by atoms with E-state index in [0.29, 0.717) is 0 Å². The fourth-order valence-electron chi connectivity index (χ4n) is 2.67. The number of rotatable bonds is 2. The van der Waals surface area contributed by atoms with Gasteiger partial charge in [0.25, 0.3) is 0 Å². The molecule has 1 N–H and O–H groups in total. The molecule has 1 heterocycles. The number of amides is 2. The number of nitrogens with zero attached hydrogens (tertiary/aromatic N) is 2. The van der Waals surface area contributed by atoms with Gasteiger partial charge in [0.05, 0.1) is 11.4 Å². The van der Waals surface area contributed by atoms with E-state index in [0.717, 1.165) is 6.07 Å². The Labute approximate surface area is 141 Å². The van der Waals surface area contributed by atoms with E-state index in [1.54, 1.807) is 6.07 Å². The van der Waals surface area contributed by atoms with Crippen molar-refractivity contribution in [2.75, 3.05) is 36.4 Å². The standard InChI is InChI=1S/C17H15F4N3O/c18-11-3-1-2-4-13(11)22-17(25)24-9-7-23(8-10-24)14-6-5-12(19)15(20)16(14)21/h1-6H,7-10H2,(H,22,25). The Morgan fingerprint density at radius 3 is 2.20 bits per heavy atom. The number of urea groups is 1. The smallest absolute Gasteiger partial charge is 0.322 e. The van der Waals surface area contributed by atoms with Crippen LogP contribution in [0.15, 0.2) is 36.4 Å². The van der Waals surface area contributed by atoms with Crippen LogP contribution >= 0.6 is 0 Å². The normalized spacial score (nSPS) is 14.6. The molecule has 132 valence electrons. The first kappa shape index (κ1) is 17.1. The summed E-state index contributed by atoms with van der Waals surface area (Å²) < 4.78 is 53.8. The highest BCUT2D eigenvalue weighted by molar-refractivity contribution is 5.89. The lowest BCUT2D eigenvalue weighted by Crippen LogP contribution is -2.50. The van der Waals surface area contributed by atoms with Crippen molar-refractivity contribution in [3.63, 3.8) is 0 Å². The topological polar surface area (TPSA) is 35.6 Å². The number of carbonyl (C=O) groups is 1. The van der Waals surface area contributed by atoms with Gasteiger partial charge < -0.3 is 15.1 Å². The summed E-state index contributed by atoms with van der Waals surface area (Å²) in [6.07, 6.45) is 0. The zero-order chi connectivity index (χ0) is 18.0. The molecular weight excluding hydrogens is 338 g/mol. The van der Waals surface area contributed by atoms with E-state index in [1.165, 1.54) is 34.1 Å². The molecule has 0 saturated carbocycles. The number of halogens is 4. The first-order valence-electron chi connectivity index (χ1n) is 7.66. The number of carbonyl (C=O) groups excluding carboxylic acids is 1. The van der Waals surface area contributed by atoms with Crippen molar-refractivity contribution < 1.29 is 22.4 Å². The number of piperazine rings is 1. The van der Waals surface area contributed by atoms with Crippen molar-refractivity contribution in [1.29, 1.82) is 0 Å². The molecule has 0 unspecified atom stereocenters. The highest BCUT2D eigenvalue weighted by atomic mass is 19.2. The van der Waals surface area contributed by atoms with E-state index in [4.69, 9.17) is 0 Å². The third kappa shape index (κ3) is 3.52. The Balaban J connectivity index is 1.63. The molecule has 0 bridgehead atoms. The molecule has 1 saturated heterocycles. The Morgan fingerprint density at radius 2 is 1.52 bits per heavy atom. The van der Waals surface area contributed by atoms with Gasteiger partial charge in [-0.3, -0.25) is 0 Å². The summed E-state index contributed by atoms with van der Waals surface area (Å²) in [6, 6.07) is 7.35. The van der Waals surface area contributed by atoms with Crippen molar-refractivity contribution in [3.05, 3.63) is 59.7 Å². The van der Waals surface area contributed by atoms with Crippen LogP contribution in [0, 0.1) is 23.3 Å². The molecular formula is C17H15F4N3O. The lowest BCUT2D eigenvalue weighted by atomic mass is 10.2. The van der Waals surface area contributed by atoms with Gasteiger partial charge in [-0.15, -0.1) is 0 Å². The van der Waals surface area contributed by atoms with Gasteiger partial charge in [-0.05, 0) is 24.3 Å². The van der Waals surface area contributed by atoms with E-state index in [2.05, 4.69) is 5.32 Å². The van der Waals surface area contributed by atoms with Crippen LogP contribution in [-0.4, -0.2) is 37.1 Å². The Bertz CT molecular complexity index is 791. The third-order valence-electron chi connectivity index (χ3n) is 4.04. The van der Waals surface area contributed by atoms with Gasteiger partial charge in [0.2, 0.25) is 0 Å². The molecule has 8 heteroatoms. The van der Waals surface area contributed by atoms with Gasteiger partial charge in [-0.2, -0.15) is 0 Å². The summed E-state index contributed by atoms with van der Waals surface area (Å²) in [6.45, 7) is 0.955. The number of para-hydroxylation sites is 1. The summed E-state index contributed by atoms with van der Waals surface area (Å²) in [5, 5.41) is 2.47. The van der Waals surface area contributed by atoms with Gasteiger partial charge in [-0.25, -0.2) is 22.4 Å². The van der Waals surface area contributed by atoms with Gasteiger partial charge in [0, 0.05) is 26.2 Å². The molecule has 1 aliphatic heterocycles. The van der Waals surface area contributed by atoms with Crippen LogP contribution in [0.3, 0.4) is 0 Å². The number of anilines is 2. The number of benzene rings is 2. The van der Waals surface area contributed by atoms with Crippen LogP contribution in [0.5, 0.6) is 0 Å². The van der Waals surface area contributed by atoms with E-state index in [1.807, 2.05) is 0 Å². The fraction of sp³-hybridized carbons (Fsp3) is 0.235. The van der Waals surface area contributed by atoms with Gasteiger partial charge >= 0.3 is 6.03 Å². The first-order chi connectivity index (χ1) is 12.0. The molecule has 2 aromatic rings. The summed E-state index contributed by atoms with van der Waals surface area (Å²) in [5.41, 5.74) is 0.0228. The molecule has 3 rings (SSSR count). The van der Waals surface area contributed by atoms with Crippen molar-refractivity contribution in [2.24, 2.45) is 0 Å². The van der Waals surface area contributed by atoms with Gasteiger partial charge in [0.15, 0.2) is 17.5 Å². The molecule has 2 aromatic carbocycles. The minimum Gasteiger partial charge on any atom is -0.366 e. The maximum Gasteiger partial charge on any atom is 0.322 e. The summed E-state index contributed by atoms with van der Waals surface area (Å²) in [5.74, 6) is -4.55. The van der Waals surface area contributed by atoms with Crippen molar-refractivity contribution >= 4 is 17.4 Å². The molecule has 1 fully saturated rings.